The number of morpholine rings is 1. The number of hydrogen-bond donors (Lipinski definition) is 1. The first-order valence-electron chi connectivity index (χ1n) is 5.08. The molecule has 1 heterocycles. The van der Waals surface area contributed by atoms with Crippen LogP contribution in [0.4, 0.5) is 11.4 Å². The molecular formula is C11H15ClN2O. The molecule has 2 rings (SSSR count). The van der Waals surface area contributed by atoms with Crippen LogP contribution >= 0.6 is 11.6 Å². The van der Waals surface area contributed by atoms with E-state index in [1.165, 1.54) is 0 Å². The molecule has 1 saturated heterocycles. The van der Waals surface area contributed by atoms with Crippen LogP contribution < -0.4 is 10.6 Å². The van der Waals surface area contributed by atoms with E-state index in [4.69, 9.17) is 22.1 Å². The Labute approximate surface area is 94.8 Å². The van der Waals surface area contributed by atoms with Crippen LogP contribution in [0.25, 0.3) is 0 Å². The molecule has 0 radical (unpaired) electrons. The number of anilines is 2. The number of nitrogens with zero attached hydrogens (tertiary/aromatic N) is 1. The van der Waals surface area contributed by atoms with E-state index in [1.54, 1.807) is 6.07 Å². The molecule has 1 aliphatic heterocycles. The maximum Gasteiger partial charge on any atom is 0.0722 e. The van der Waals surface area contributed by atoms with Gasteiger partial charge in [-0.1, -0.05) is 11.6 Å². The fourth-order valence-corrected chi connectivity index (χ4v) is 2.13. The molecule has 1 aromatic rings. The van der Waals surface area contributed by atoms with Gasteiger partial charge in [-0.25, -0.2) is 0 Å². The van der Waals surface area contributed by atoms with Gasteiger partial charge in [0, 0.05) is 18.8 Å². The molecule has 82 valence electrons. The fraction of sp³-hybridized carbons (Fsp3) is 0.455. The van der Waals surface area contributed by atoms with Crippen LogP contribution in [0.15, 0.2) is 18.2 Å². The third-order valence-electron chi connectivity index (χ3n) is 2.55. The average molecular weight is 227 g/mol. The summed E-state index contributed by atoms with van der Waals surface area (Å²) >= 11 is 6.15. The van der Waals surface area contributed by atoms with Crippen LogP contribution in [-0.2, 0) is 4.74 Å². The van der Waals surface area contributed by atoms with Gasteiger partial charge in [-0.05, 0) is 25.1 Å². The third-order valence-corrected chi connectivity index (χ3v) is 2.86. The first-order chi connectivity index (χ1) is 7.16. The molecule has 0 amide bonds. The minimum absolute atomic E-state index is 0.257. The highest BCUT2D eigenvalue weighted by molar-refractivity contribution is 6.33. The first-order valence-corrected chi connectivity index (χ1v) is 5.46. The summed E-state index contributed by atoms with van der Waals surface area (Å²) in [4.78, 5) is 2.23. The van der Waals surface area contributed by atoms with Crippen molar-refractivity contribution in [3.8, 4) is 0 Å². The average Bonchev–Trinajstić information content (AvgIpc) is 2.17. The Hall–Kier alpha value is -0.930. The molecular weight excluding hydrogens is 212 g/mol. The van der Waals surface area contributed by atoms with Crippen molar-refractivity contribution in [1.82, 2.24) is 0 Å². The van der Waals surface area contributed by atoms with E-state index < -0.39 is 0 Å². The van der Waals surface area contributed by atoms with Crippen molar-refractivity contribution in [3.63, 3.8) is 0 Å². The SMILES string of the molecule is CC1CN(c2ccc(N)cc2Cl)CCO1. The van der Waals surface area contributed by atoms with Gasteiger partial charge in [0.25, 0.3) is 0 Å². The van der Waals surface area contributed by atoms with Gasteiger partial charge in [-0.15, -0.1) is 0 Å². The van der Waals surface area contributed by atoms with Crippen molar-refractivity contribution in [3.05, 3.63) is 23.2 Å². The summed E-state index contributed by atoms with van der Waals surface area (Å²) in [5, 5.41) is 0.712. The van der Waals surface area contributed by atoms with Crippen molar-refractivity contribution in [2.45, 2.75) is 13.0 Å². The van der Waals surface area contributed by atoms with E-state index in [2.05, 4.69) is 11.8 Å². The van der Waals surface area contributed by atoms with Crippen molar-refractivity contribution < 1.29 is 4.74 Å². The molecule has 1 aromatic carbocycles. The van der Waals surface area contributed by atoms with E-state index in [9.17, 15) is 0 Å². The summed E-state index contributed by atoms with van der Waals surface area (Å²) < 4.78 is 5.48. The number of ether oxygens (including phenoxy) is 1. The van der Waals surface area contributed by atoms with Gasteiger partial charge in [-0.3, -0.25) is 0 Å². The molecule has 0 aliphatic carbocycles. The number of nitrogen functional groups attached to an aromatic ring is 1. The van der Waals surface area contributed by atoms with Gasteiger partial charge in [0.1, 0.15) is 0 Å². The van der Waals surface area contributed by atoms with E-state index >= 15 is 0 Å². The van der Waals surface area contributed by atoms with E-state index in [1.807, 2.05) is 12.1 Å². The number of nitrogens with two attached hydrogens (primary N) is 1. The van der Waals surface area contributed by atoms with Crippen LogP contribution in [-0.4, -0.2) is 25.8 Å². The lowest BCUT2D eigenvalue weighted by Crippen LogP contribution is -2.41. The summed E-state index contributed by atoms with van der Waals surface area (Å²) in [6, 6.07) is 5.63. The minimum atomic E-state index is 0.257. The molecule has 0 spiro atoms. The second kappa shape index (κ2) is 4.29. The fourth-order valence-electron chi connectivity index (χ4n) is 1.82. The number of hydrogen-bond acceptors (Lipinski definition) is 3. The highest BCUT2D eigenvalue weighted by Crippen LogP contribution is 2.28. The van der Waals surface area contributed by atoms with Gasteiger partial charge in [-0.2, -0.15) is 0 Å². The van der Waals surface area contributed by atoms with E-state index in [0.29, 0.717) is 10.7 Å². The van der Waals surface area contributed by atoms with Crippen molar-refractivity contribution in [2.24, 2.45) is 0 Å². The lowest BCUT2D eigenvalue weighted by atomic mass is 10.2. The summed E-state index contributed by atoms with van der Waals surface area (Å²) in [5.74, 6) is 0. The van der Waals surface area contributed by atoms with Crippen LogP contribution in [0.2, 0.25) is 5.02 Å². The Kier molecular flexibility index (Phi) is 3.03. The molecule has 2 N–H and O–H groups in total. The Bertz CT molecular complexity index is 356. The van der Waals surface area contributed by atoms with Crippen molar-refractivity contribution in [1.29, 1.82) is 0 Å². The van der Waals surface area contributed by atoms with Crippen molar-refractivity contribution >= 4 is 23.0 Å². The normalized spacial score (nSPS) is 21.7. The summed E-state index contributed by atoms with van der Waals surface area (Å²) in [6.07, 6.45) is 0.257. The van der Waals surface area contributed by atoms with Crippen LogP contribution in [0.3, 0.4) is 0 Å². The maximum atomic E-state index is 6.15. The van der Waals surface area contributed by atoms with Crippen LogP contribution in [0.1, 0.15) is 6.92 Å². The van der Waals surface area contributed by atoms with Crippen LogP contribution in [0, 0.1) is 0 Å². The summed E-state index contributed by atoms with van der Waals surface area (Å²) in [5.41, 5.74) is 7.40. The molecule has 0 saturated carbocycles. The van der Waals surface area contributed by atoms with Gasteiger partial charge in [0.05, 0.1) is 23.4 Å². The number of rotatable bonds is 1. The first kappa shape index (κ1) is 10.6. The molecule has 1 aliphatic rings. The zero-order valence-corrected chi connectivity index (χ0v) is 9.50. The summed E-state index contributed by atoms with van der Waals surface area (Å²) in [7, 11) is 0. The quantitative estimate of drug-likeness (QED) is 0.746. The Morgan fingerprint density at radius 2 is 2.33 bits per heavy atom. The van der Waals surface area contributed by atoms with Crippen LogP contribution in [0.5, 0.6) is 0 Å². The van der Waals surface area contributed by atoms with E-state index in [0.717, 1.165) is 25.4 Å². The molecule has 3 nitrogen and oxygen atoms in total. The standard InChI is InChI=1S/C11H15ClN2O/c1-8-7-14(4-5-15-8)11-3-2-9(13)6-10(11)12/h2-3,6,8H,4-5,7,13H2,1H3. The van der Waals surface area contributed by atoms with Gasteiger partial charge in [0.15, 0.2) is 0 Å². The summed E-state index contributed by atoms with van der Waals surface area (Å²) in [6.45, 7) is 4.58. The molecule has 1 fully saturated rings. The maximum absolute atomic E-state index is 6.15. The molecule has 15 heavy (non-hydrogen) atoms. The van der Waals surface area contributed by atoms with Gasteiger partial charge in [0.2, 0.25) is 0 Å². The molecule has 0 aromatic heterocycles. The predicted molar refractivity (Wildman–Crippen MR) is 63.5 cm³/mol. The van der Waals surface area contributed by atoms with Crippen molar-refractivity contribution in [2.75, 3.05) is 30.3 Å². The smallest absolute Gasteiger partial charge is 0.0722 e. The van der Waals surface area contributed by atoms with E-state index in [-0.39, 0.29) is 6.10 Å². The number of benzene rings is 1. The Morgan fingerprint density at radius 3 is 3.00 bits per heavy atom. The Morgan fingerprint density at radius 1 is 1.53 bits per heavy atom. The zero-order chi connectivity index (χ0) is 10.8. The Balaban J connectivity index is 2.21. The predicted octanol–water partition coefficient (Wildman–Crippen LogP) is 2.15. The molecule has 0 bridgehead atoms. The minimum Gasteiger partial charge on any atom is -0.399 e. The number of halogens is 1. The highest BCUT2D eigenvalue weighted by Gasteiger charge is 2.18. The lowest BCUT2D eigenvalue weighted by molar-refractivity contribution is 0.0532. The lowest BCUT2D eigenvalue weighted by Gasteiger charge is -2.33. The second-order valence-corrected chi connectivity index (χ2v) is 4.25. The van der Waals surface area contributed by atoms with Gasteiger partial charge >= 0.3 is 0 Å². The van der Waals surface area contributed by atoms with Gasteiger partial charge < -0.3 is 15.4 Å². The molecule has 1 atom stereocenters. The zero-order valence-electron chi connectivity index (χ0n) is 8.74. The largest absolute Gasteiger partial charge is 0.399 e. The highest BCUT2D eigenvalue weighted by atomic mass is 35.5. The topological polar surface area (TPSA) is 38.5 Å². The molecule has 4 heteroatoms. The monoisotopic (exact) mass is 226 g/mol. The second-order valence-electron chi connectivity index (χ2n) is 3.84. The molecule has 1 unspecified atom stereocenters. The third kappa shape index (κ3) is 2.36.